The van der Waals surface area contributed by atoms with Gasteiger partial charge in [0.05, 0.1) is 12.7 Å². The Bertz CT molecular complexity index is 1480. The fraction of sp³-hybridized carbons (Fsp3) is 0.0870. The van der Waals surface area contributed by atoms with Gasteiger partial charge in [0.1, 0.15) is 16.8 Å². The van der Waals surface area contributed by atoms with Crippen molar-refractivity contribution in [2.45, 2.75) is 6.92 Å². The van der Waals surface area contributed by atoms with Crippen LogP contribution in [0.15, 0.2) is 40.8 Å². The van der Waals surface area contributed by atoms with Crippen LogP contribution in [0.4, 0.5) is 23.2 Å². The number of carbonyl (C=O) groups excluding carboxylic acids is 1. The zero-order valence-corrected chi connectivity index (χ0v) is 18.8. The molecule has 180 valence electrons. The van der Waals surface area contributed by atoms with E-state index in [-0.39, 0.29) is 22.9 Å². The van der Waals surface area contributed by atoms with Gasteiger partial charge in [-0.05, 0) is 49.0 Å². The van der Waals surface area contributed by atoms with Crippen molar-refractivity contribution < 1.29 is 36.6 Å². The monoisotopic (exact) mass is 505 g/mol. The Morgan fingerprint density at radius 3 is 2.37 bits per heavy atom. The number of phenols is 1. The highest BCUT2D eigenvalue weighted by Gasteiger charge is 2.30. The van der Waals surface area contributed by atoms with Crippen molar-refractivity contribution in [3.05, 3.63) is 70.8 Å². The number of rotatable bonds is 4. The Labute approximate surface area is 200 Å². The average molecular weight is 505 g/mol. The molecular weight excluding hydrogens is 490 g/mol. The number of ether oxygens (including phenoxy) is 1. The third-order valence-corrected chi connectivity index (χ3v) is 5.12. The summed E-state index contributed by atoms with van der Waals surface area (Å²) in [5.74, 6) is -10.6. The maximum Gasteiger partial charge on any atom is 0.263 e. The van der Waals surface area contributed by atoms with E-state index < -0.39 is 45.6 Å². The number of amides is 1. The highest BCUT2D eigenvalue weighted by molar-refractivity contribution is 7.80. The number of methoxy groups -OCH3 is 1. The Hall–Kier alpha value is -4.19. The summed E-state index contributed by atoms with van der Waals surface area (Å²) < 4.78 is 66.0. The van der Waals surface area contributed by atoms with E-state index in [9.17, 15) is 27.5 Å². The SMILES string of the molecule is COc1c(F)c(F)c(C(=O)NC(=S)Nc2ccc(-c3nc4ccc(C)cc4o3)c(O)c2)c(F)c1F. The number of phenolic OH excluding ortho intramolecular Hbond substituents is 1. The second kappa shape index (κ2) is 9.22. The summed E-state index contributed by atoms with van der Waals surface area (Å²) in [6, 6.07) is 9.60. The van der Waals surface area contributed by atoms with Gasteiger partial charge in [0.15, 0.2) is 28.1 Å². The molecule has 35 heavy (non-hydrogen) atoms. The Kier molecular flexibility index (Phi) is 6.31. The number of hydrogen-bond donors (Lipinski definition) is 3. The molecule has 4 aromatic rings. The van der Waals surface area contributed by atoms with Crippen LogP contribution in [0.3, 0.4) is 0 Å². The number of benzene rings is 3. The Morgan fingerprint density at radius 1 is 1.06 bits per heavy atom. The number of aryl methyl sites for hydroxylation is 1. The van der Waals surface area contributed by atoms with Crippen LogP contribution in [-0.4, -0.2) is 28.2 Å². The van der Waals surface area contributed by atoms with Gasteiger partial charge in [-0.15, -0.1) is 0 Å². The first-order valence-corrected chi connectivity index (χ1v) is 10.2. The van der Waals surface area contributed by atoms with E-state index >= 15 is 0 Å². The zero-order valence-electron chi connectivity index (χ0n) is 18.0. The molecule has 12 heteroatoms. The summed E-state index contributed by atoms with van der Waals surface area (Å²) in [4.78, 5) is 16.6. The van der Waals surface area contributed by atoms with Crippen molar-refractivity contribution in [1.29, 1.82) is 0 Å². The molecule has 3 aromatic carbocycles. The highest BCUT2D eigenvalue weighted by atomic mass is 32.1. The number of anilines is 1. The average Bonchev–Trinajstić information content (AvgIpc) is 3.21. The van der Waals surface area contributed by atoms with Crippen LogP contribution in [0.5, 0.6) is 11.5 Å². The van der Waals surface area contributed by atoms with E-state index in [1.54, 1.807) is 12.1 Å². The van der Waals surface area contributed by atoms with Crippen LogP contribution in [-0.2, 0) is 0 Å². The van der Waals surface area contributed by atoms with Crippen LogP contribution in [0.1, 0.15) is 15.9 Å². The Morgan fingerprint density at radius 2 is 1.74 bits per heavy atom. The molecule has 0 aliphatic carbocycles. The van der Waals surface area contributed by atoms with E-state index in [0.717, 1.165) is 12.7 Å². The Balaban J connectivity index is 1.52. The molecule has 0 aliphatic rings. The number of oxazole rings is 1. The van der Waals surface area contributed by atoms with Crippen molar-refractivity contribution in [2.75, 3.05) is 12.4 Å². The molecule has 1 heterocycles. The highest BCUT2D eigenvalue weighted by Crippen LogP contribution is 2.33. The molecule has 4 rings (SSSR count). The van der Waals surface area contributed by atoms with Gasteiger partial charge in [-0.1, -0.05) is 6.07 Å². The molecule has 0 bridgehead atoms. The first-order valence-electron chi connectivity index (χ1n) is 9.83. The number of nitrogens with zero attached hydrogens (tertiary/aromatic N) is 1. The van der Waals surface area contributed by atoms with Gasteiger partial charge in [-0.25, -0.2) is 13.8 Å². The number of nitrogens with one attached hydrogen (secondary N) is 2. The maximum absolute atomic E-state index is 14.1. The molecular formula is C23H15F4N3O4S. The summed E-state index contributed by atoms with van der Waals surface area (Å²) >= 11 is 4.93. The molecule has 0 spiro atoms. The lowest BCUT2D eigenvalue weighted by atomic mass is 10.1. The second-order valence-electron chi connectivity index (χ2n) is 7.29. The summed E-state index contributed by atoms with van der Waals surface area (Å²) in [6.45, 7) is 1.89. The quantitative estimate of drug-likeness (QED) is 0.199. The molecule has 1 aromatic heterocycles. The molecule has 0 aliphatic heterocycles. The standard InChI is InChI=1S/C23H15F4N3O4S/c1-9-3-6-12-14(7-9)34-22(29-12)11-5-4-10(8-13(11)31)28-23(35)30-21(32)15-16(24)18(26)20(33-2)19(27)17(15)25/h3-8,31H,1-2H3,(H2,28,30,32,35). The largest absolute Gasteiger partial charge is 0.507 e. The molecule has 0 saturated carbocycles. The van der Waals surface area contributed by atoms with Gasteiger partial charge in [-0.3, -0.25) is 10.1 Å². The number of fused-ring (bicyclic) bond motifs is 1. The minimum Gasteiger partial charge on any atom is -0.507 e. The molecule has 0 atom stereocenters. The van der Waals surface area contributed by atoms with Crippen molar-refractivity contribution in [1.82, 2.24) is 10.3 Å². The van der Waals surface area contributed by atoms with Crippen molar-refractivity contribution >= 4 is 40.0 Å². The van der Waals surface area contributed by atoms with Crippen LogP contribution < -0.4 is 15.4 Å². The molecule has 0 fully saturated rings. The fourth-order valence-electron chi connectivity index (χ4n) is 3.26. The number of aromatic nitrogens is 1. The molecule has 0 saturated heterocycles. The molecule has 0 unspecified atom stereocenters. The predicted molar refractivity (Wildman–Crippen MR) is 122 cm³/mol. The third-order valence-electron chi connectivity index (χ3n) is 4.91. The summed E-state index contributed by atoms with van der Waals surface area (Å²) in [7, 11) is 0.811. The lowest BCUT2D eigenvalue weighted by Crippen LogP contribution is -2.35. The predicted octanol–water partition coefficient (Wildman–Crippen LogP) is 5.20. The van der Waals surface area contributed by atoms with Gasteiger partial charge < -0.3 is 19.6 Å². The van der Waals surface area contributed by atoms with Crippen LogP contribution >= 0.6 is 12.2 Å². The van der Waals surface area contributed by atoms with Crippen LogP contribution in [0.2, 0.25) is 0 Å². The molecule has 1 amide bonds. The van der Waals surface area contributed by atoms with E-state index in [0.29, 0.717) is 11.1 Å². The number of thiocarbonyl (C=S) groups is 1. The van der Waals surface area contributed by atoms with E-state index in [2.05, 4.69) is 15.0 Å². The minimum absolute atomic E-state index is 0.167. The summed E-state index contributed by atoms with van der Waals surface area (Å²) in [6.07, 6.45) is 0. The number of hydrogen-bond acceptors (Lipinski definition) is 6. The number of aromatic hydroxyl groups is 1. The van der Waals surface area contributed by atoms with Crippen molar-refractivity contribution in [3.8, 4) is 23.0 Å². The van der Waals surface area contributed by atoms with E-state index in [4.69, 9.17) is 16.6 Å². The van der Waals surface area contributed by atoms with E-state index in [1.807, 2.05) is 18.3 Å². The number of halogens is 4. The normalized spacial score (nSPS) is 10.9. The summed E-state index contributed by atoms with van der Waals surface area (Å²) in [5.41, 5.74) is 1.04. The number of carbonyl (C=O) groups is 1. The minimum atomic E-state index is -1.95. The first kappa shape index (κ1) is 24.0. The van der Waals surface area contributed by atoms with Crippen molar-refractivity contribution in [3.63, 3.8) is 0 Å². The molecule has 3 N–H and O–H groups in total. The van der Waals surface area contributed by atoms with Crippen LogP contribution in [0, 0.1) is 30.2 Å². The second-order valence-corrected chi connectivity index (χ2v) is 7.70. The van der Waals surface area contributed by atoms with Gasteiger partial charge in [0.2, 0.25) is 17.5 Å². The maximum atomic E-state index is 14.1. The van der Waals surface area contributed by atoms with E-state index in [1.165, 1.54) is 18.2 Å². The topological polar surface area (TPSA) is 96.6 Å². The molecule has 0 radical (unpaired) electrons. The van der Waals surface area contributed by atoms with Gasteiger partial charge >= 0.3 is 0 Å². The van der Waals surface area contributed by atoms with Gasteiger partial charge in [-0.2, -0.15) is 8.78 Å². The molecule has 7 nitrogen and oxygen atoms in total. The van der Waals surface area contributed by atoms with Crippen LogP contribution in [0.25, 0.3) is 22.6 Å². The van der Waals surface area contributed by atoms with Gasteiger partial charge in [0, 0.05) is 11.8 Å². The summed E-state index contributed by atoms with van der Waals surface area (Å²) in [5, 5.41) is 14.4. The first-order chi connectivity index (χ1) is 16.6. The lowest BCUT2D eigenvalue weighted by molar-refractivity contribution is 0.0966. The lowest BCUT2D eigenvalue weighted by Gasteiger charge is -2.13. The van der Waals surface area contributed by atoms with Crippen molar-refractivity contribution in [2.24, 2.45) is 0 Å². The van der Waals surface area contributed by atoms with Gasteiger partial charge in [0.25, 0.3) is 5.91 Å². The smallest absolute Gasteiger partial charge is 0.263 e. The third kappa shape index (κ3) is 4.47. The zero-order chi connectivity index (χ0) is 25.4. The fourth-order valence-corrected chi connectivity index (χ4v) is 3.47.